The summed E-state index contributed by atoms with van der Waals surface area (Å²) in [7, 11) is 5.85. The number of hydrogen-bond acceptors (Lipinski definition) is 4. The van der Waals surface area contributed by atoms with Gasteiger partial charge >= 0.3 is 5.97 Å². The van der Waals surface area contributed by atoms with Crippen molar-refractivity contribution in [3.05, 3.63) is 0 Å². The van der Waals surface area contributed by atoms with E-state index < -0.39 is 12.1 Å². The summed E-state index contributed by atoms with van der Waals surface area (Å²) in [6, 6.07) is 0. The minimum absolute atomic E-state index is 0.236. The Kier molecular flexibility index (Phi) is 18.0. The maximum absolute atomic E-state index is 12.0. The Hall–Kier alpha value is -1.10. The first-order chi connectivity index (χ1) is 14.2. The molecule has 0 aliphatic rings. The molecule has 0 aliphatic heterocycles. The van der Waals surface area contributed by atoms with Crippen LogP contribution in [0.5, 0.6) is 0 Å². The van der Waals surface area contributed by atoms with Gasteiger partial charge in [-0.15, -0.1) is 0 Å². The van der Waals surface area contributed by atoms with E-state index >= 15 is 0 Å². The van der Waals surface area contributed by atoms with Crippen LogP contribution in [0.25, 0.3) is 0 Å². The van der Waals surface area contributed by atoms with Gasteiger partial charge in [-0.05, 0) is 6.42 Å². The fourth-order valence-corrected chi connectivity index (χ4v) is 3.83. The van der Waals surface area contributed by atoms with Crippen LogP contribution in [0.2, 0.25) is 0 Å². The Morgan fingerprint density at radius 2 is 1.13 bits per heavy atom. The molecule has 0 heterocycles. The molecule has 0 rings (SSSR count). The van der Waals surface area contributed by atoms with Gasteiger partial charge in [-0.3, -0.25) is 4.79 Å². The summed E-state index contributed by atoms with van der Waals surface area (Å²) in [6.07, 6.45) is 18.9. The topological polar surface area (TPSA) is 66.4 Å². The number of aliphatic carboxylic acids is 1. The number of unbranched alkanes of at least 4 members (excludes halogenated alkanes) is 14. The molecule has 178 valence electrons. The second-order valence-corrected chi connectivity index (χ2v) is 9.86. The number of hydrogen-bond donors (Lipinski definition) is 0. The predicted molar refractivity (Wildman–Crippen MR) is 122 cm³/mol. The van der Waals surface area contributed by atoms with Gasteiger partial charge in [0.15, 0.2) is 6.10 Å². The van der Waals surface area contributed by atoms with Crippen LogP contribution in [0.3, 0.4) is 0 Å². The Labute approximate surface area is 186 Å². The summed E-state index contributed by atoms with van der Waals surface area (Å²) < 4.78 is 5.93. The van der Waals surface area contributed by atoms with Crippen LogP contribution in [0.4, 0.5) is 0 Å². The molecular formula is C25H49NO4. The first-order valence-corrected chi connectivity index (χ1v) is 12.4. The number of carboxylic acid groups (broad SMARTS) is 1. The first kappa shape index (κ1) is 28.9. The molecule has 0 fully saturated rings. The van der Waals surface area contributed by atoms with E-state index in [1.165, 1.54) is 77.0 Å². The van der Waals surface area contributed by atoms with Gasteiger partial charge in [-0.25, -0.2) is 0 Å². The van der Waals surface area contributed by atoms with Crippen LogP contribution in [-0.4, -0.2) is 50.2 Å². The van der Waals surface area contributed by atoms with Crippen LogP contribution in [-0.2, 0) is 14.3 Å². The molecule has 0 saturated heterocycles. The maximum atomic E-state index is 12.0. The zero-order valence-electron chi connectivity index (χ0n) is 20.4. The fraction of sp³-hybridized carbons (Fsp3) is 0.920. The molecule has 0 aromatic heterocycles. The normalized spacial score (nSPS) is 12.7. The van der Waals surface area contributed by atoms with Gasteiger partial charge in [0.1, 0.15) is 6.54 Å². The lowest BCUT2D eigenvalue weighted by molar-refractivity contribution is -0.873. The number of carboxylic acids is 1. The van der Waals surface area contributed by atoms with E-state index in [-0.39, 0.29) is 12.4 Å². The quantitative estimate of drug-likeness (QED) is 0.147. The zero-order valence-corrected chi connectivity index (χ0v) is 20.4. The molecule has 0 amide bonds. The molecule has 30 heavy (non-hydrogen) atoms. The smallest absolute Gasteiger partial charge is 0.306 e. The van der Waals surface area contributed by atoms with Gasteiger partial charge in [-0.2, -0.15) is 0 Å². The second-order valence-electron chi connectivity index (χ2n) is 9.86. The molecule has 0 aromatic carbocycles. The Balaban J connectivity index is 3.56. The Morgan fingerprint density at radius 3 is 1.50 bits per heavy atom. The third-order valence-corrected chi connectivity index (χ3v) is 5.43. The molecule has 0 unspecified atom stereocenters. The van der Waals surface area contributed by atoms with Gasteiger partial charge in [0.05, 0.1) is 21.1 Å². The average molecular weight is 428 g/mol. The molecule has 0 spiro atoms. The van der Waals surface area contributed by atoms with Crippen LogP contribution in [0, 0.1) is 0 Å². The summed E-state index contributed by atoms with van der Waals surface area (Å²) in [6.45, 7) is 2.73. The van der Waals surface area contributed by atoms with Crippen LogP contribution in [0.1, 0.15) is 116 Å². The van der Waals surface area contributed by atoms with Gasteiger partial charge in [0, 0.05) is 18.8 Å². The van der Waals surface area contributed by atoms with Crippen molar-refractivity contribution in [3.8, 4) is 0 Å². The Bertz CT molecular complexity index is 431. The van der Waals surface area contributed by atoms with Crippen LogP contribution in [0.15, 0.2) is 0 Å². The predicted octanol–water partition coefficient (Wildman–Crippen LogP) is 5.01. The second kappa shape index (κ2) is 18.7. The summed E-state index contributed by atoms with van der Waals surface area (Å²) in [5, 5.41) is 10.9. The SMILES string of the molecule is CCCCCCCCCCCCCCCCCC(=O)O[C@H](CC(=O)[O-])C[N+](C)(C)C. The molecule has 0 bridgehead atoms. The van der Waals surface area contributed by atoms with Crippen LogP contribution < -0.4 is 5.11 Å². The third-order valence-electron chi connectivity index (χ3n) is 5.43. The van der Waals surface area contributed by atoms with Crippen LogP contribution >= 0.6 is 0 Å². The van der Waals surface area contributed by atoms with Gasteiger partial charge in [0.25, 0.3) is 0 Å². The standard InChI is InChI=1S/C25H49NO4/c1-5-6-7-8-9-10-11-12-13-14-15-16-17-18-19-20-25(29)30-23(21-24(27)28)22-26(2,3)4/h23H,5-22H2,1-4H3/t23-/m1/s1. The summed E-state index contributed by atoms with van der Waals surface area (Å²) in [4.78, 5) is 22.9. The monoisotopic (exact) mass is 427 g/mol. The van der Waals surface area contributed by atoms with Gasteiger partial charge < -0.3 is 19.1 Å². The van der Waals surface area contributed by atoms with Gasteiger partial charge in [0.2, 0.25) is 0 Å². The number of carbonyl (C=O) groups excluding carboxylic acids is 2. The van der Waals surface area contributed by atoms with Crippen molar-refractivity contribution < 1.29 is 23.9 Å². The maximum Gasteiger partial charge on any atom is 0.306 e. The first-order valence-electron chi connectivity index (χ1n) is 12.4. The van der Waals surface area contributed by atoms with E-state index in [1.54, 1.807) is 0 Å². The number of nitrogens with zero attached hydrogens (tertiary/aromatic N) is 1. The molecule has 5 nitrogen and oxygen atoms in total. The number of rotatable bonds is 21. The summed E-state index contributed by atoms with van der Waals surface area (Å²) in [5.74, 6) is -1.46. The molecular weight excluding hydrogens is 378 g/mol. The van der Waals surface area contributed by atoms with Crippen molar-refractivity contribution in [2.24, 2.45) is 0 Å². The lowest BCUT2D eigenvalue weighted by Gasteiger charge is -2.29. The van der Waals surface area contributed by atoms with E-state index in [9.17, 15) is 14.7 Å². The fourth-order valence-electron chi connectivity index (χ4n) is 3.83. The number of quaternary nitrogens is 1. The number of esters is 1. The van der Waals surface area contributed by atoms with Gasteiger partial charge in [-0.1, -0.05) is 96.8 Å². The Morgan fingerprint density at radius 1 is 0.733 bits per heavy atom. The number of likely N-dealkylation sites (N-methyl/N-ethyl adjacent to an activating group) is 1. The highest BCUT2D eigenvalue weighted by molar-refractivity contribution is 5.70. The summed E-state index contributed by atoms with van der Waals surface area (Å²) in [5.41, 5.74) is 0. The van der Waals surface area contributed by atoms with Crippen molar-refractivity contribution in [1.82, 2.24) is 0 Å². The minimum atomic E-state index is -1.17. The molecule has 0 aromatic rings. The molecule has 1 atom stereocenters. The largest absolute Gasteiger partial charge is 0.550 e. The highest BCUT2D eigenvalue weighted by Crippen LogP contribution is 2.14. The van der Waals surface area contributed by atoms with E-state index in [0.717, 1.165) is 19.3 Å². The van der Waals surface area contributed by atoms with E-state index in [4.69, 9.17) is 4.74 Å². The molecule has 0 saturated carbocycles. The number of carbonyl (C=O) groups is 2. The highest BCUT2D eigenvalue weighted by atomic mass is 16.5. The highest BCUT2D eigenvalue weighted by Gasteiger charge is 2.22. The van der Waals surface area contributed by atoms with Crippen molar-refractivity contribution >= 4 is 11.9 Å². The van der Waals surface area contributed by atoms with Crippen molar-refractivity contribution in [2.75, 3.05) is 27.7 Å². The summed E-state index contributed by atoms with van der Waals surface area (Å²) >= 11 is 0. The third kappa shape index (κ3) is 21.6. The lowest BCUT2D eigenvalue weighted by Crippen LogP contribution is -2.45. The lowest BCUT2D eigenvalue weighted by atomic mass is 10.0. The molecule has 0 radical (unpaired) electrons. The number of ether oxygens (including phenoxy) is 1. The molecule has 0 aliphatic carbocycles. The van der Waals surface area contributed by atoms with E-state index in [1.807, 2.05) is 21.1 Å². The average Bonchev–Trinajstić information content (AvgIpc) is 2.63. The minimum Gasteiger partial charge on any atom is -0.550 e. The van der Waals surface area contributed by atoms with Crippen molar-refractivity contribution in [1.29, 1.82) is 0 Å². The van der Waals surface area contributed by atoms with Crippen molar-refractivity contribution in [2.45, 2.75) is 122 Å². The van der Waals surface area contributed by atoms with Crippen molar-refractivity contribution in [3.63, 3.8) is 0 Å². The van der Waals surface area contributed by atoms with E-state index in [2.05, 4.69) is 6.92 Å². The molecule has 0 N–H and O–H groups in total. The molecule has 5 heteroatoms. The zero-order chi connectivity index (χ0) is 22.7. The van der Waals surface area contributed by atoms with E-state index in [0.29, 0.717) is 17.4 Å².